The molecule has 1 fully saturated rings. The van der Waals surface area contributed by atoms with Gasteiger partial charge in [0.25, 0.3) is 0 Å². The summed E-state index contributed by atoms with van der Waals surface area (Å²) in [6, 6.07) is 17.1. The molecule has 0 saturated carbocycles. The van der Waals surface area contributed by atoms with Gasteiger partial charge in [-0.05, 0) is 30.0 Å². The lowest BCUT2D eigenvalue weighted by Gasteiger charge is -2.53. The second-order valence-electron chi connectivity index (χ2n) is 6.96. The molecule has 5 rings (SSSR count). The lowest BCUT2D eigenvalue weighted by atomic mass is 9.60. The quantitative estimate of drug-likeness (QED) is 0.943. The fourth-order valence-electron chi connectivity index (χ4n) is 4.28. The highest BCUT2D eigenvalue weighted by Crippen LogP contribution is 2.57. The Bertz CT molecular complexity index is 817. The first kappa shape index (κ1) is 14.9. The molecule has 1 aliphatic carbocycles. The van der Waals surface area contributed by atoms with Gasteiger partial charge in [-0.2, -0.15) is 0 Å². The predicted octanol–water partition coefficient (Wildman–Crippen LogP) is 3.35. The number of carbonyl (C=O) groups is 2. The average Bonchev–Trinajstić information content (AvgIpc) is 2.59. The van der Waals surface area contributed by atoms with Crippen LogP contribution in [0.3, 0.4) is 0 Å². The second kappa shape index (κ2) is 5.20. The summed E-state index contributed by atoms with van der Waals surface area (Å²) >= 11 is 0. The van der Waals surface area contributed by atoms with E-state index < -0.39 is 17.4 Å². The van der Waals surface area contributed by atoms with Gasteiger partial charge in [0.15, 0.2) is 0 Å². The number of fused-ring (bicyclic) bond motifs is 2. The molecule has 2 heterocycles. The molecule has 2 bridgehead atoms. The Morgan fingerprint density at radius 1 is 1.12 bits per heavy atom. The smallest absolute Gasteiger partial charge is 0.311 e. The summed E-state index contributed by atoms with van der Waals surface area (Å²) in [5.41, 5.74) is 2.04. The molecule has 0 aromatic heterocycles. The Kier molecular flexibility index (Phi) is 3.23. The van der Waals surface area contributed by atoms with Crippen molar-refractivity contribution in [3.05, 3.63) is 71.3 Å². The van der Waals surface area contributed by atoms with Gasteiger partial charge in [-0.15, -0.1) is 0 Å². The number of carboxylic acids is 1. The van der Waals surface area contributed by atoms with E-state index in [0.29, 0.717) is 13.0 Å². The van der Waals surface area contributed by atoms with Gasteiger partial charge >= 0.3 is 5.97 Å². The van der Waals surface area contributed by atoms with Crippen molar-refractivity contribution < 1.29 is 14.7 Å². The zero-order valence-corrected chi connectivity index (χ0v) is 13.5. The Morgan fingerprint density at radius 3 is 2.42 bits per heavy atom. The van der Waals surface area contributed by atoms with Crippen LogP contribution in [-0.2, 0) is 16.1 Å². The highest BCUT2D eigenvalue weighted by Gasteiger charge is 2.58. The molecule has 4 nitrogen and oxygen atoms in total. The SMILES string of the molecule is CC1(C(=O)O)CC2C(=O)N(Cc3ccccc3)C1c1ccccc12. The average molecular weight is 321 g/mol. The molecule has 0 spiro atoms. The van der Waals surface area contributed by atoms with Crippen LogP contribution in [0.15, 0.2) is 54.6 Å². The maximum absolute atomic E-state index is 13.0. The maximum Gasteiger partial charge on any atom is 0.311 e. The lowest BCUT2D eigenvalue weighted by molar-refractivity contribution is -0.166. The standard InChI is InChI=1S/C20H19NO3/c1-20(19(23)24)11-16-14-9-5-6-10-15(14)17(20)21(18(16)22)12-13-7-3-2-4-8-13/h2-10,16-17H,11-12H2,1H3,(H,23,24). The van der Waals surface area contributed by atoms with Gasteiger partial charge in [-0.25, -0.2) is 0 Å². The lowest BCUT2D eigenvalue weighted by Crippen LogP contribution is -2.57. The molecule has 4 heteroatoms. The third-order valence-corrected chi connectivity index (χ3v) is 5.47. The molecule has 24 heavy (non-hydrogen) atoms. The normalized spacial score (nSPS) is 27.9. The number of hydrogen-bond acceptors (Lipinski definition) is 2. The van der Waals surface area contributed by atoms with E-state index in [0.717, 1.165) is 16.7 Å². The van der Waals surface area contributed by atoms with E-state index in [1.165, 1.54) is 0 Å². The highest BCUT2D eigenvalue weighted by atomic mass is 16.4. The molecule has 122 valence electrons. The summed E-state index contributed by atoms with van der Waals surface area (Å²) in [5.74, 6) is -1.16. The highest BCUT2D eigenvalue weighted by molar-refractivity contribution is 5.91. The zero-order valence-electron chi connectivity index (χ0n) is 13.5. The van der Waals surface area contributed by atoms with Crippen molar-refractivity contribution in [1.82, 2.24) is 4.90 Å². The number of hydrogen-bond donors (Lipinski definition) is 1. The fourth-order valence-corrected chi connectivity index (χ4v) is 4.28. The van der Waals surface area contributed by atoms with Crippen LogP contribution in [0.5, 0.6) is 0 Å². The predicted molar refractivity (Wildman–Crippen MR) is 89.3 cm³/mol. The number of carboxylic acid groups (broad SMARTS) is 1. The van der Waals surface area contributed by atoms with Gasteiger partial charge in [-0.1, -0.05) is 54.6 Å². The number of rotatable bonds is 3. The summed E-state index contributed by atoms with van der Waals surface area (Å²) in [4.78, 5) is 26.8. The topological polar surface area (TPSA) is 57.6 Å². The molecule has 1 N–H and O–H groups in total. The van der Waals surface area contributed by atoms with Crippen molar-refractivity contribution in [3.8, 4) is 0 Å². The van der Waals surface area contributed by atoms with Crippen LogP contribution in [-0.4, -0.2) is 21.9 Å². The first-order valence-corrected chi connectivity index (χ1v) is 8.19. The molecule has 0 radical (unpaired) electrons. The van der Waals surface area contributed by atoms with E-state index in [4.69, 9.17) is 0 Å². The van der Waals surface area contributed by atoms with Gasteiger partial charge in [0.2, 0.25) is 5.91 Å². The van der Waals surface area contributed by atoms with E-state index in [1.54, 1.807) is 11.8 Å². The molecule has 3 aliphatic rings. The number of nitrogens with zero attached hydrogens (tertiary/aromatic N) is 1. The van der Waals surface area contributed by atoms with Gasteiger partial charge in [0.1, 0.15) is 0 Å². The Balaban J connectivity index is 1.84. The third-order valence-electron chi connectivity index (χ3n) is 5.47. The number of carbonyl (C=O) groups excluding carboxylic acids is 1. The zero-order chi connectivity index (χ0) is 16.9. The van der Waals surface area contributed by atoms with E-state index in [2.05, 4.69) is 0 Å². The summed E-state index contributed by atoms with van der Waals surface area (Å²) in [6.45, 7) is 2.21. The molecule has 3 unspecified atom stereocenters. The summed E-state index contributed by atoms with van der Waals surface area (Å²) in [5, 5.41) is 9.88. The fraction of sp³-hybridized carbons (Fsp3) is 0.300. The first-order chi connectivity index (χ1) is 11.5. The van der Waals surface area contributed by atoms with Crippen molar-refractivity contribution in [3.63, 3.8) is 0 Å². The molecule has 2 aliphatic heterocycles. The molecule has 2 aromatic carbocycles. The van der Waals surface area contributed by atoms with Gasteiger partial charge in [-0.3, -0.25) is 9.59 Å². The van der Waals surface area contributed by atoms with E-state index in [1.807, 2.05) is 54.6 Å². The largest absolute Gasteiger partial charge is 0.481 e. The van der Waals surface area contributed by atoms with E-state index >= 15 is 0 Å². The van der Waals surface area contributed by atoms with Crippen LogP contribution in [0.4, 0.5) is 0 Å². The van der Waals surface area contributed by atoms with Crippen LogP contribution < -0.4 is 0 Å². The van der Waals surface area contributed by atoms with Gasteiger partial charge in [0.05, 0.1) is 17.4 Å². The van der Waals surface area contributed by atoms with Crippen LogP contribution in [0.1, 0.15) is 42.0 Å². The molecular weight excluding hydrogens is 302 g/mol. The van der Waals surface area contributed by atoms with E-state index in [-0.39, 0.29) is 11.8 Å². The number of piperidine rings is 1. The Labute approximate surface area is 140 Å². The van der Waals surface area contributed by atoms with Crippen molar-refractivity contribution >= 4 is 11.9 Å². The molecule has 1 amide bonds. The van der Waals surface area contributed by atoms with Crippen LogP contribution in [0.25, 0.3) is 0 Å². The summed E-state index contributed by atoms with van der Waals surface area (Å²) in [7, 11) is 0. The van der Waals surface area contributed by atoms with Gasteiger partial charge < -0.3 is 10.0 Å². The minimum atomic E-state index is -0.957. The van der Waals surface area contributed by atoms with Crippen LogP contribution in [0, 0.1) is 5.41 Å². The second-order valence-corrected chi connectivity index (χ2v) is 6.96. The monoisotopic (exact) mass is 321 g/mol. The molecule has 1 saturated heterocycles. The third kappa shape index (κ3) is 1.99. The van der Waals surface area contributed by atoms with Crippen LogP contribution in [0.2, 0.25) is 0 Å². The maximum atomic E-state index is 13.0. The molecular formula is C20H19NO3. The molecule has 2 aromatic rings. The number of benzene rings is 2. The Hall–Kier alpha value is -2.62. The van der Waals surface area contributed by atoms with Crippen LogP contribution >= 0.6 is 0 Å². The van der Waals surface area contributed by atoms with Gasteiger partial charge in [0, 0.05) is 6.54 Å². The van der Waals surface area contributed by atoms with Crippen molar-refractivity contribution in [1.29, 1.82) is 0 Å². The van der Waals surface area contributed by atoms with Crippen molar-refractivity contribution in [2.75, 3.05) is 0 Å². The Morgan fingerprint density at radius 2 is 1.75 bits per heavy atom. The van der Waals surface area contributed by atoms with Crippen molar-refractivity contribution in [2.24, 2.45) is 5.41 Å². The number of aliphatic carboxylic acids is 1. The summed E-state index contributed by atoms with van der Waals surface area (Å²) < 4.78 is 0. The summed E-state index contributed by atoms with van der Waals surface area (Å²) in [6.07, 6.45) is 0.369. The van der Waals surface area contributed by atoms with Crippen molar-refractivity contribution in [2.45, 2.75) is 31.8 Å². The first-order valence-electron chi connectivity index (χ1n) is 8.19. The number of amides is 1. The molecule has 3 atom stereocenters. The minimum Gasteiger partial charge on any atom is -0.481 e. The minimum absolute atomic E-state index is 0.0429. The van der Waals surface area contributed by atoms with E-state index in [9.17, 15) is 14.7 Å².